The van der Waals surface area contributed by atoms with Crippen LogP contribution in [0.15, 0.2) is 59.6 Å². The van der Waals surface area contributed by atoms with Gasteiger partial charge in [0.2, 0.25) is 5.91 Å². The molecule has 32 heavy (non-hydrogen) atoms. The molecule has 0 aliphatic carbocycles. The van der Waals surface area contributed by atoms with Gasteiger partial charge < -0.3 is 16.4 Å². The van der Waals surface area contributed by atoms with Crippen molar-refractivity contribution in [2.24, 2.45) is 16.6 Å². The number of aromatic nitrogens is 2. The number of aryl methyl sites for hydroxylation is 2. The van der Waals surface area contributed by atoms with Crippen LogP contribution in [0.25, 0.3) is 5.69 Å². The SMILES string of the molecule is CN=C(NCc1ccccc1-n1nc(C)cc1C)NCC(Cc1ccc(F)cc1)C(N)=O. The fraction of sp³-hybridized carbons (Fsp3) is 0.292. The van der Waals surface area contributed by atoms with Crippen molar-refractivity contribution in [3.05, 3.63) is 82.9 Å². The molecule has 1 unspecified atom stereocenters. The van der Waals surface area contributed by atoms with E-state index in [1.807, 2.05) is 48.9 Å². The summed E-state index contributed by atoms with van der Waals surface area (Å²) in [5.74, 6) is -0.639. The average molecular weight is 437 g/mol. The Labute approximate surface area is 187 Å². The second-order valence-corrected chi connectivity index (χ2v) is 7.70. The molecule has 4 N–H and O–H groups in total. The van der Waals surface area contributed by atoms with Crippen LogP contribution in [0.2, 0.25) is 0 Å². The molecule has 8 heteroatoms. The minimum Gasteiger partial charge on any atom is -0.369 e. The van der Waals surface area contributed by atoms with Crippen LogP contribution in [0.3, 0.4) is 0 Å². The van der Waals surface area contributed by atoms with Crippen molar-refractivity contribution in [3.8, 4) is 5.69 Å². The lowest BCUT2D eigenvalue weighted by molar-refractivity contribution is -0.121. The van der Waals surface area contributed by atoms with Crippen LogP contribution in [-0.2, 0) is 17.8 Å². The predicted molar refractivity (Wildman–Crippen MR) is 124 cm³/mol. The molecule has 1 aromatic heterocycles. The Morgan fingerprint density at radius 2 is 1.88 bits per heavy atom. The molecule has 168 valence electrons. The Kier molecular flexibility index (Phi) is 7.59. The van der Waals surface area contributed by atoms with E-state index in [1.165, 1.54) is 12.1 Å². The van der Waals surface area contributed by atoms with Gasteiger partial charge in [0.1, 0.15) is 5.82 Å². The largest absolute Gasteiger partial charge is 0.369 e. The van der Waals surface area contributed by atoms with E-state index in [2.05, 4.69) is 20.7 Å². The zero-order chi connectivity index (χ0) is 23.1. The van der Waals surface area contributed by atoms with Crippen LogP contribution >= 0.6 is 0 Å². The van der Waals surface area contributed by atoms with Crippen molar-refractivity contribution < 1.29 is 9.18 Å². The van der Waals surface area contributed by atoms with E-state index in [-0.39, 0.29) is 5.82 Å². The van der Waals surface area contributed by atoms with Gasteiger partial charge in [0.15, 0.2) is 5.96 Å². The third-order valence-electron chi connectivity index (χ3n) is 5.21. The highest BCUT2D eigenvalue weighted by Crippen LogP contribution is 2.17. The van der Waals surface area contributed by atoms with Crippen LogP contribution in [-0.4, -0.2) is 35.2 Å². The minimum absolute atomic E-state index is 0.311. The topological polar surface area (TPSA) is 97.3 Å². The van der Waals surface area contributed by atoms with Crippen LogP contribution < -0.4 is 16.4 Å². The molecular weight excluding hydrogens is 407 g/mol. The highest BCUT2D eigenvalue weighted by molar-refractivity contribution is 5.81. The van der Waals surface area contributed by atoms with E-state index in [0.29, 0.717) is 25.5 Å². The second kappa shape index (κ2) is 10.6. The van der Waals surface area contributed by atoms with E-state index < -0.39 is 11.8 Å². The highest BCUT2D eigenvalue weighted by atomic mass is 19.1. The molecule has 1 amide bonds. The smallest absolute Gasteiger partial charge is 0.222 e. The van der Waals surface area contributed by atoms with Gasteiger partial charge >= 0.3 is 0 Å². The van der Waals surface area contributed by atoms with Gasteiger partial charge in [0, 0.05) is 25.8 Å². The van der Waals surface area contributed by atoms with Gasteiger partial charge in [-0.15, -0.1) is 0 Å². The van der Waals surface area contributed by atoms with Gasteiger partial charge in [-0.25, -0.2) is 9.07 Å². The number of nitrogens with two attached hydrogens (primary N) is 1. The molecule has 0 saturated heterocycles. The number of carbonyl (C=O) groups is 1. The number of hydrogen-bond acceptors (Lipinski definition) is 3. The van der Waals surface area contributed by atoms with E-state index in [0.717, 1.165) is 28.2 Å². The molecule has 0 aliphatic rings. The zero-order valence-corrected chi connectivity index (χ0v) is 18.6. The molecule has 3 aromatic rings. The maximum absolute atomic E-state index is 13.1. The Balaban J connectivity index is 1.63. The number of primary amides is 1. The molecule has 1 heterocycles. The summed E-state index contributed by atoms with van der Waals surface area (Å²) in [5, 5.41) is 11.0. The summed E-state index contributed by atoms with van der Waals surface area (Å²) in [5.41, 5.74) is 10.5. The number of benzene rings is 2. The van der Waals surface area contributed by atoms with Crippen molar-refractivity contribution in [2.75, 3.05) is 13.6 Å². The predicted octanol–water partition coefficient (Wildman–Crippen LogP) is 2.64. The molecule has 3 rings (SSSR count). The lowest BCUT2D eigenvalue weighted by atomic mass is 9.98. The van der Waals surface area contributed by atoms with Crippen LogP contribution in [0.4, 0.5) is 4.39 Å². The Morgan fingerprint density at radius 3 is 2.50 bits per heavy atom. The van der Waals surface area contributed by atoms with Gasteiger partial charge in [0.05, 0.1) is 17.3 Å². The van der Waals surface area contributed by atoms with Crippen molar-refractivity contribution in [3.63, 3.8) is 0 Å². The van der Waals surface area contributed by atoms with E-state index >= 15 is 0 Å². The first-order valence-electron chi connectivity index (χ1n) is 10.5. The number of hydrogen-bond donors (Lipinski definition) is 3. The molecule has 0 aliphatic heterocycles. The number of aliphatic imine (C=N–C) groups is 1. The normalized spacial score (nSPS) is 12.4. The summed E-state index contributed by atoms with van der Waals surface area (Å²) in [7, 11) is 1.67. The summed E-state index contributed by atoms with van der Waals surface area (Å²) in [6, 6.07) is 16.1. The molecule has 0 radical (unpaired) electrons. The number of amides is 1. The van der Waals surface area contributed by atoms with E-state index in [1.54, 1.807) is 19.2 Å². The maximum Gasteiger partial charge on any atom is 0.222 e. The average Bonchev–Trinajstić information content (AvgIpc) is 3.12. The summed E-state index contributed by atoms with van der Waals surface area (Å²) < 4.78 is 15.1. The first kappa shape index (κ1) is 23.0. The van der Waals surface area contributed by atoms with Crippen molar-refractivity contribution in [2.45, 2.75) is 26.8 Å². The van der Waals surface area contributed by atoms with Crippen LogP contribution in [0.5, 0.6) is 0 Å². The number of carbonyl (C=O) groups excluding carboxylic acids is 1. The first-order valence-corrected chi connectivity index (χ1v) is 10.5. The van der Waals surface area contributed by atoms with Gasteiger partial charge in [-0.2, -0.15) is 5.10 Å². The fourth-order valence-corrected chi connectivity index (χ4v) is 3.54. The third kappa shape index (κ3) is 5.94. The number of nitrogens with zero attached hydrogens (tertiary/aromatic N) is 3. The van der Waals surface area contributed by atoms with Gasteiger partial charge in [-0.05, 0) is 55.7 Å². The number of rotatable bonds is 8. The molecule has 0 saturated carbocycles. The molecular formula is C24H29FN6O. The zero-order valence-electron chi connectivity index (χ0n) is 18.6. The molecule has 7 nitrogen and oxygen atoms in total. The second-order valence-electron chi connectivity index (χ2n) is 7.70. The first-order chi connectivity index (χ1) is 15.4. The summed E-state index contributed by atoms with van der Waals surface area (Å²) in [6.07, 6.45) is 0.417. The number of halogens is 1. The third-order valence-corrected chi connectivity index (χ3v) is 5.21. The van der Waals surface area contributed by atoms with Gasteiger partial charge in [0.25, 0.3) is 0 Å². The summed E-state index contributed by atoms with van der Waals surface area (Å²) in [6.45, 7) is 4.83. The van der Waals surface area contributed by atoms with Crippen LogP contribution in [0.1, 0.15) is 22.5 Å². The van der Waals surface area contributed by atoms with Gasteiger partial charge in [-0.3, -0.25) is 9.79 Å². The number of nitrogens with one attached hydrogen (secondary N) is 2. The summed E-state index contributed by atoms with van der Waals surface area (Å²) in [4.78, 5) is 16.2. The molecule has 0 bridgehead atoms. The quantitative estimate of drug-likeness (QED) is 0.374. The van der Waals surface area contributed by atoms with Gasteiger partial charge in [-0.1, -0.05) is 30.3 Å². The highest BCUT2D eigenvalue weighted by Gasteiger charge is 2.17. The molecule has 2 aromatic carbocycles. The maximum atomic E-state index is 13.1. The molecule has 0 spiro atoms. The summed E-state index contributed by atoms with van der Waals surface area (Å²) >= 11 is 0. The number of guanidine groups is 1. The van der Waals surface area contributed by atoms with E-state index in [4.69, 9.17) is 5.73 Å². The lowest BCUT2D eigenvalue weighted by Crippen LogP contribution is -2.43. The Bertz CT molecular complexity index is 1090. The van der Waals surface area contributed by atoms with Crippen LogP contribution in [0, 0.1) is 25.6 Å². The Hall–Kier alpha value is -3.68. The number of para-hydroxylation sites is 1. The minimum atomic E-state index is -0.457. The van der Waals surface area contributed by atoms with Crippen molar-refractivity contribution in [1.82, 2.24) is 20.4 Å². The molecule has 0 fully saturated rings. The monoisotopic (exact) mass is 436 g/mol. The Morgan fingerprint density at radius 1 is 1.16 bits per heavy atom. The van der Waals surface area contributed by atoms with E-state index in [9.17, 15) is 9.18 Å². The van der Waals surface area contributed by atoms with Crippen molar-refractivity contribution in [1.29, 1.82) is 0 Å². The standard InChI is InChI=1S/C24H29FN6O/c1-16-12-17(2)31(30-16)22-7-5-4-6-19(22)14-28-24(27-3)29-15-20(23(26)32)13-18-8-10-21(25)11-9-18/h4-12,20H,13-15H2,1-3H3,(H2,26,32)(H2,27,28,29). The van der Waals surface area contributed by atoms with Crippen molar-refractivity contribution >= 4 is 11.9 Å². The molecule has 1 atom stereocenters. The fourth-order valence-electron chi connectivity index (χ4n) is 3.54. The lowest BCUT2D eigenvalue weighted by Gasteiger charge is -2.18.